The van der Waals surface area contributed by atoms with E-state index in [0.29, 0.717) is 31.4 Å². The third-order valence-corrected chi connectivity index (χ3v) is 5.30. The van der Waals surface area contributed by atoms with Crippen LogP contribution in [-0.2, 0) is 11.3 Å². The number of aromatic nitrogens is 2. The van der Waals surface area contributed by atoms with Gasteiger partial charge >= 0.3 is 0 Å². The maximum absolute atomic E-state index is 12.4. The zero-order chi connectivity index (χ0) is 19.8. The Morgan fingerprint density at radius 1 is 1.21 bits per heavy atom. The highest BCUT2D eigenvalue weighted by atomic mass is 32.1. The average molecular weight is 399 g/mol. The van der Waals surface area contributed by atoms with Gasteiger partial charge in [0.25, 0.3) is 5.89 Å². The van der Waals surface area contributed by atoms with E-state index in [1.165, 1.54) is 5.56 Å². The van der Waals surface area contributed by atoms with Crippen LogP contribution in [0.4, 0.5) is 0 Å². The van der Waals surface area contributed by atoms with E-state index in [1.807, 2.05) is 40.6 Å². The Bertz CT molecular complexity index is 848. The van der Waals surface area contributed by atoms with Crippen LogP contribution in [0.2, 0.25) is 0 Å². The van der Waals surface area contributed by atoms with E-state index in [-0.39, 0.29) is 11.8 Å². The van der Waals surface area contributed by atoms with Gasteiger partial charge in [-0.3, -0.25) is 9.69 Å². The van der Waals surface area contributed by atoms with Crippen molar-refractivity contribution in [1.29, 1.82) is 0 Å². The van der Waals surface area contributed by atoms with Crippen LogP contribution in [0.1, 0.15) is 37.6 Å². The molecule has 1 atom stereocenters. The minimum Gasteiger partial charge on any atom is -0.419 e. The van der Waals surface area contributed by atoms with Crippen LogP contribution in [0, 0.1) is 0 Å². The molecule has 0 saturated carbocycles. The number of benzene rings is 1. The van der Waals surface area contributed by atoms with Crippen LogP contribution in [-0.4, -0.2) is 40.6 Å². The van der Waals surface area contributed by atoms with Crippen molar-refractivity contribution in [1.82, 2.24) is 20.4 Å². The maximum atomic E-state index is 12.4. The predicted molar refractivity (Wildman–Crippen MR) is 111 cm³/mol. The number of thiophene rings is 1. The molecule has 1 unspecified atom stereocenters. The molecule has 6 nitrogen and oxygen atoms in total. The van der Waals surface area contributed by atoms with Gasteiger partial charge in [-0.2, -0.15) is 0 Å². The fraction of sp³-hybridized carbons (Fsp3) is 0.381. The lowest BCUT2D eigenvalue weighted by Crippen LogP contribution is -2.38. The summed E-state index contributed by atoms with van der Waals surface area (Å²) in [5.74, 6) is 1.34. The molecule has 1 aromatic carbocycles. The highest BCUT2D eigenvalue weighted by Gasteiger charge is 2.16. The first-order chi connectivity index (χ1) is 13.7. The van der Waals surface area contributed by atoms with Crippen molar-refractivity contribution in [3.8, 4) is 10.8 Å². The van der Waals surface area contributed by atoms with E-state index < -0.39 is 0 Å². The Morgan fingerprint density at radius 2 is 2.04 bits per heavy atom. The highest BCUT2D eigenvalue weighted by molar-refractivity contribution is 7.13. The number of nitrogens with zero attached hydrogens (tertiary/aromatic N) is 3. The van der Waals surface area contributed by atoms with Gasteiger partial charge in [0.05, 0.1) is 18.0 Å². The summed E-state index contributed by atoms with van der Waals surface area (Å²) in [6.07, 6.45) is 0.944. The van der Waals surface area contributed by atoms with Gasteiger partial charge in [-0.05, 0) is 35.9 Å². The first-order valence-electron chi connectivity index (χ1n) is 9.56. The van der Waals surface area contributed by atoms with Gasteiger partial charge in [0.2, 0.25) is 11.8 Å². The number of nitrogens with one attached hydrogen (secondary N) is 1. The Balaban J connectivity index is 1.51. The van der Waals surface area contributed by atoms with Crippen molar-refractivity contribution < 1.29 is 9.21 Å². The van der Waals surface area contributed by atoms with Gasteiger partial charge in [-0.1, -0.05) is 50.2 Å². The Morgan fingerprint density at radius 3 is 2.75 bits per heavy atom. The quantitative estimate of drug-likeness (QED) is 0.560. The van der Waals surface area contributed by atoms with E-state index in [9.17, 15) is 4.79 Å². The standard InChI is InChI=1S/C21H26N4O2S/c1-3-11-25(15-20-23-24-21(27-20)18-10-7-12-28-18)14-19(26)22-13-16(2)17-8-5-4-6-9-17/h4-10,12,16H,3,11,13-15H2,1-2H3,(H,22,26). The Hall–Kier alpha value is -2.51. The van der Waals surface area contributed by atoms with Gasteiger partial charge < -0.3 is 9.73 Å². The monoisotopic (exact) mass is 398 g/mol. The van der Waals surface area contributed by atoms with Gasteiger partial charge in [0.1, 0.15) is 0 Å². The molecular formula is C21H26N4O2S. The molecule has 0 aliphatic heterocycles. The molecule has 0 bridgehead atoms. The summed E-state index contributed by atoms with van der Waals surface area (Å²) >= 11 is 1.56. The molecule has 0 aliphatic carbocycles. The normalized spacial score (nSPS) is 12.2. The number of hydrogen-bond donors (Lipinski definition) is 1. The number of carbonyl (C=O) groups excluding carboxylic acids is 1. The smallest absolute Gasteiger partial charge is 0.257 e. The van der Waals surface area contributed by atoms with Crippen LogP contribution < -0.4 is 5.32 Å². The second-order valence-corrected chi connectivity index (χ2v) is 7.75. The summed E-state index contributed by atoms with van der Waals surface area (Å²) in [5, 5.41) is 13.3. The molecule has 28 heavy (non-hydrogen) atoms. The molecule has 7 heteroatoms. The lowest BCUT2D eigenvalue weighted by Gasteiger charge is -2.20. The molecule has 148 valence electrons. The van der Waals surface area contributed by atoms with Crippen molar-refractivity contribution in [2.24, 2.45) is 0 Å². The molecule has 2 aromatic heterocycles. The molecule has 0 saturated heterocycles. The predicted octanol–water partition coefficient (Wildman–Crippen LogP) is 3.93. The van der Waals surface area contributed by atoms with E-state index in [0.717, 1.165) is 17.8 Å². The maximum Gasteiger partial charge on any atom is 0.257 e. The fourth-order valence-corrected chi connectivity index (χ4v) is 3.61. The number of amides is 1. The summed E-state index contributed by atoms with van der Waals surface area (Å²) in [7, 11) is 0. The van der Waals surface area contributed by atoms with E-state index in [2.05, 4.69) is 41.5 Å². The molecule has 3 rings (SSSR count). The molecule has 0 radical (unpaired) electrons. The third-order valence-electron chi connectivity index (χ3n) is 4.44. The summed E-state index contributed by atoms with van der Waals surface area (Å²) < 4.78 is 5.76. The van der Waals surface area contributed by atoms with Crippen LogP contribution in [0.25, 0.3) is 10.8 Å². The fourth-order valence-electron chi connectivity index (χ4n) is 2.96. The second-order valence-electron chi connectivity index (χ2n) is 6.80. The summed E-state index contributed by atoms with van der Waals surface area (Å²) in [4.78, 5) is 15.4. The summed E-state index contributed by atoms with van der Waals surface area (Å²) in [6, 6.07) is 14.1. The van der Waals surface area contributed by atoms with Gasteiger partial charge in [0.15, 0.2) is 0 Å². The summed E-state index contributed by atoms with van der Waals surface area (Å²) in [5.41, 5.74) is 1.22. The van der Waals surface area contributed by atoms with Crippen molar-refractivity contribution in [3.05, 3.63) is 59.3 Å². The van der Waals surface area contributed by atoms with Crippen LogP contribution in [0.15, 0.2) is 52.3 Å². The highest BCUT2D eigenvalue weighted by Crippen LogP contribution is 2.23. The lowest BCUT2D eigenvalue weighted by molar-refractivity contribution is -0.122. The van der Waals surface area contributed by atoms with Gasteiger partial charge in [-0.25, -0.2) is 0 Å². The van der Waals surface area contributed by atoms with Crippen LogP contribution in [0.5, 0.6) is 0 Å². The van der Waals surface area contributed by atoms with Gasteiger partial charge in [0, 0.05) is 6.54 Å². The molecule has 0 aliphatic rings. The third kappa shape index (κ3) is 5.74. The van der Waals surface area contributed by atoms with Crippen LogP contribution in [0.3, 0.4) is 0 Å². The topological polar surface area (TPSA) is 71.3 Å². The molecular weight excluding hydrogens is 372 g/mol. The van der Waals surface area contributed by atoms with Crippen molar-refractivity contribution >= 4 is 17.2 Å². The SMILES string of the molecule is CCCN(CC(=O)NCC(C)c1ccccc1)Cc1nnc(-c2cccs2)o1. The number of carbonyl (C=O) groups is 1. The van der Waals surface area contributed by atoms with Crippen LogP contribution >= 0.6 is 11.3 Å². The van der Waals surface area contributed by atoms with Crippen molar-refractivity contribution in [2.75, 3.05) is 19.6 Å². The second kappa shape index (κ2) is 10.1. The zero-order valence-corrected chi connectivity index (χ0v) is 17.1. The Labute approximate surface area is 169 Å². The average Bonchev–Trinajstić information content (AvgIpc) is 3.39. The van der Waals surface area contributed by atoms with Gasteiger partial charge in [-0.15, -0.1) is 21.5 Å². The first-order valence-corrected chi connectivity index (χ1v) is 10.4. The minimum atomic E-state index is 0.00854. The zero-order valence-electron chi connectivity index (χ0n) is 16.3. The molecule has 3 aromatic rings. The van der Waals surface area contributed by atoms with Crippen molar-refractivity contribution in [2.45, 2.75) is 32.7 Å². The Kier molecular flexibility index (Phi) is 7.33. The first kappa shape index (κ1) is 20.2. The van der Waals surface area contributed by atoms with E-state index >= 15 is 0 Å². The van der Waals surface area contributed by atoms with Crippen molar-refractivity contribution in [3.63, 3.8) is 0 Å². The molecule has 0 spiro atoms. The number of hydrogen-bond acceptors (Lipinski definition) is 6. The molecule has 1 N–H and O–H groups in total. The minimum absolute atomic E-state index is 0.00854. The largest absolute Gasteiger partial charge is 0.419 e. The number of rotatable bonds is 10. The van der Waals surface area contributed by atoms with E-state index in [1.54, 1.807) is 11.3 Å². The van der Waals surface area contributed by atoms with E-state index in [4.69, 9.17) is 4.42 Å². The summed E-state index contributed by atoms with van der Waals surface area (Å²) in [6.45, 7) is 6.39. The molecule has 0 fully saturated rings. The molecule has 1 amide bonds. The molecule has 2 heterocycles. The lowest BCUT2D eigenvalue weighted by atomic mass is 10.0.